The molecular formula is C18H18BNO5S. The molecule has 0 spiro atoms. The molecule has 0 saturated carbocycles. The Balaban J connectivity index is 2.05. The molecular weight excluding hydrogens is 353 g/mol. The molecule has 0 fully saturated rings. The average molecular weight is 371 g/mol. The Morgan fingerprint density at radius 3 is 2.69 bits per heavy atom. The third kappa shape index (κ3) is 5.22. The normalized spacial score (nSPS) is 10.1. The number of benzene rings is 2. The first-order valence-electron chi connectivity index (χ1n) is 7.76. The summed E-state index contributed by atoms with van der Waals surface area (Å²) in [5, 5.41) is 21.3. The van der Waals surface area contributed by atoms with Crippen LogP contribution in [0.25, 0.3) is 0 Å². The van der Waals surface area contributed by atoms with Gasteiger partial charge in [-0.05, 0) is 23.7 Å². The zero-order valence-electron chi connectivity index (χ0n) is 13.9. The number of nitrogens with one attached hydrogen (secondary N) is 1. The molecule has 0 aliphatic carbocycles. The Morgan fingerprint density at radius 1 is 1.23 bits per heavy atom. The molecule has 1 amide bonds. The van der Waals surface area contributed by atoms with Gasteiger partial charge in [0.25, 0.3) is 5.91 Å². The Kier molecular flexibility index (Phi) is 7.46. The van der Waals surface area contributed by atoms with E-state index in [1.165, 1.54) is 30.0 Å². The van der Waals surface area contributed by atoms with Crippen molar-refractivity contribution in [3.63, 3.8) is 0 Å². The number of carbonyl (C=O) groups is 2. The number of hydrogen-bond acceptors (Lipinski definition) is 6. The highest BCUT2D eigenvalue weighted by Gasteiger charge is 2.19. The van der Waals surface area contributed by atoms with Crippen molar-refractivity contribution in [1.82, 2.24) is 0 Å². The third-order valence-electron chi connectivity index (χ3n) is 3.37. The van der Waals surface area contributed by atoms with E-state index in [4.69, 9.17) is 4.74 Å². The number of para-hydroxylation sites is 1. The smallest absolute Gasteiger partial charge is 0.483 e. The van der Waals surface area contributed by atoms with Crippen LogP contribution in [0, 0.1) is 0 Å². The molecule has 8 heteroatoms. The summed E-state index contributed by atoms with van der Waals surface area (Å²) in [6, 6.07) is 11.7. The summed E-state index contributed by atoms with van der Waals surface area (Å²) in [6.45, 7) is 3.35. The van der Waals surface area contributed by atoms with Gasteiger partial charge >= 0.3 is 7.12 Å². The molecule has 0 heterocycles. The van der Waals surface area contributed by atoms with Gasteiger partial charge in [0.05, 0.1) is 11.3 Å². The van der Waals surface area contributed by atoms with Crippen LogP contribution in [0.2, 0.25) is 0 Å². The van der Waals surface area contributed by atoms with Gasteiger partial charge in [-0.2, -0.15) is 0 Å². The first-order valence-corrected chi connectivity index (χ1v) is 8.75. The van der Waals surface area contributed by atoms with E-state index in [2.05, 4.69) is 11.9 Å². The second-order valence-corrected chi connectivity index (χ2v) is 6.25. The lowest BCUT2D eigenvalue weighted by Gasteiger charge is -2.13. The Labute approximate surface area is 156 Å². The van der Waals surface area contributed by atoms with E-state index < -0.39 is 13.0 Å². The Hall–Kier alpha value is -2.55. The third-order valence-corrected chi connectivity index (χ3v) is 4.44. The van der Waals surface area contributed by atoms with Crippen LogP contribution in [0.4, 0.5) is 5.69 Å². The second kappa shape index (κ2) is 9.81. The van der Waals surface area contributed by atoms with E-state index >= 15 is 0 Å². The molecule has 0 aliphatic rings. The standard InChI is InChI=1S/C18H18BNO5S/c1-2-10-26-17-9-4-3-7-15(17)20-18(22)12-25-16-8-5-6-14(19(23)24)13(16)11-21/h2-9,11,23-24H,1,10,12H2,(H,20,22). The van der Waals surface area contributed by atoms with Gasteiger partial charge < -0.3 is 20.1 Å². The van der Waals surface area contributed by atoms with Crippen molar-refractivity contribution in [3.8, 4) is 5.75 Å². The van der Waals surface area contributed by atoms with Crippen molar-refractivity contribution in [3.05, 3.63) is 60.7 Å². The van der Waals surface area contributed by atoms with E-state index in [9.17, 15) is 19.6 Å². The van der Waals surface area contributed by atoms with Gasteiger partial charge in [0.2, 0.25) is 0 Å². The van der Waals surface area contributed by atoms with Crippen LogP contribution in [0.5, 0.6) is 5.75 Å². The Morgan fingerprint density at radius 2 is 2.00 bits per heavy atom. The zero-order valence-corrected chi connectivity index (χ0v) is 14.7. The highest BCUT2D eigenvalue weighted by Crippen LogP contribution is 2.27. The fraction of sp³-hybridized carbons (Fsp3) is 0.111. The average Bonchev–Trinajstić information content (AvgIpc) is 2.65. The second-order valence-electron chi connectivity index (χ2n) is 5.18. The maximum atomic E-state index is 12.2. The van der Waals surface area contributed by atoms with Gasteiger partial charge in [0.1, 0.15) is 5.75 Å². The van der Waals surface area contributed by atoms with Crippen molar-refractivity contribution in [2.45, 2.75) is 4.90 Å². The molecule has 0 aromatic heterocycles. The van der Waals surface area contributed by atoms with Gasteiger partial charge in [-0.1, -0.05) is 30.3 Å². The molecule has 134 valence electrons. The van der Waals surface area contributed by atoms with Crippen LogP contribution < -0.4 is 15.5 Å². The van der Waals surface area contributed by atoms with Crippen molar-refractivity contribution < 1.29 is 24.4 Å². The predicted molar refractivity (Wildman–Crippen MR) is 103 cm³/mol. The maximum absolute atomic E-state index is 12.2. The fourth-order valence-corrected chi connectivity index (χ4v) is 2.96. The summed E-state index contributed by atoms with van der Waals surface area (Å²) in [5.41, 5.74) is 0.671. The summed E-state index contributed by atoms with van der Waals surface area (Å²) >= 11 is 1.54. The predicted octanol–water partition coefficient (Wildman–Crippen LogP) is 1.47. The first kappa shape index (κ1) is 19.8. The van der Waals surface area contributed by atoms with Crippen LogP contribution in [-0.4, -0.2) is 41.7 Å². The molecule has 6 nitrogen and oxygen atoms in total. The quantitative estimate of drug-likeness (QED) is 0.267. The zero-order chi connectivity index (χ0) is 18.9. The van der Waals surface area contributed by atoms with Crippen LogP contribution in [0.1, 0.15) is 10.4 Å². The summed E-state index contributed by atoms with van der Waals surface area (Å²) in [5.74, 6) is 0.418. The first-order chi connectivity index (χ1) is 12.6. The molecule has 3 N–H and O–H groups in total. The molecule has 0 bridgehead atoms. The van der Waals surface area contributed by atoms with Gasteiger partial charge in [-0.15, -0.1) is 18.3 Å². The van der Waals surface area contributed by atoms with Crippen LogP contribution >= 0.6 is 11.8 Å². The molecule has 0 saturated heterocycles. The van der Waals surface area contributed by atoms with E-state index in [-0.39, 0.29) is 23.4 Å². The molecule has 2 aromatic carbocycles. The minimum absolute atomic E-state index is 0.00256. The van der Waals surface area contributed by atoms with Gasteiger partial charge in [-0.25, -0.2) is 0 Å². The monoisotopic (exact) mass is 371 g/mol. The Bertz CT molecular complexity index is 797. The van der Waals surface area contributed by atoms with Crippen LogP contribution in [0.15, 0.2) is 60.0 Å². The maximum Gasteiger partial charge on any atom is 0.489 e. The lowest BCUT2D eigenvalue weighted by Crippen LogP contribution is -2.33. The molecule has 2 rings (SSSR count). The van der Waals surface area contributed by atoms with Crippen LogP contribution in [-0.2, 0) is 4.79 Å². The van der Waals surface area contributed by atoms with Crippen molar-refractivity contribution in [1.29, 1.82) is 0 Å². The van der Waals surface area contributed by atoms with Crippen molar-refractivity contribution >= 4 is 42.2 Å². The number of anilines is 1. The summed E-state index contributed by atoms with van der Waals surface area (Å²) in [7, 11) is -1.80. The lowest BCUT2D eigenvalue weighted by atomic mass is 9.77. The van der Waals surface area contributed by atoms with Crippen molar-refractivity contribution in [2.24, 2.45) is 0 Å². The van der Waals surface area contributed by atoms with E-state index in [1.54, 1.807) is 12.1 Å². The summed E-state index contributed by atoms with van der Waals surface area (Å²) < 4.78 is 5.39. The van der Waals surface area contributed by atoms with E-state index in [0.717, 1.165) is 4.90 Å². The molecule has 0 radical (unpaired) electrons. The molecule has 0 aliphatic heterocycles. The van der Waals surface area contributed by atoms with Crippen LogP contribution in [0.3, 0.4) is 0 Å². The lowest BCUT2D eigenvalue weighted by molar-refractivity contribution is -0.118. The molecule has 26 heavy (non-hydrogen) atoms. The van der Waals surface area contributed by atoms with E-state index in [1.807, 2.05) is 18.2 Å². The summed E-state index contributed by atoms with van der Waals surface area (Å²) in [4.78, 5) is 24.3. The van der Waals surface area contributed by atoms with E-state index in [0.29, 0.717) is 17.7 Å². The van der Waals surface area contributed by atoms with Gasteiger partial charge in [0, 0.05) is 10.6 Å². The fourth-order valence-electron chi connectivity index (χ4n) is 2.21. The highest BCUT2D eigenvalue weighted by molar-refractivity contribution is 7.99. The molecule has 2 aromatic rings. The summed E-state index contributed by atoms with van der Waals surface area (Å²) in [6.07, 6.45) is 2.24. The largest absolute Gasteiger partial charge is 0.489 e. The molecule has 0 atom stereocenters. The number of rotatable bonds is 9. The number of hydrogen-bond donors (Lipinski definition) is 3. The SMILES string of the molecule is C=CCSc1ccccc1NC(=O)COc1cccc(B(O)O)c1C=O. The van der Waals surface area contributed by atoms with Gasteiger partial charge in [-0.3, -0.25) is 9.59 Å². The highest BCUT2D eigenvalue weighted by atomic mass is 32.2. The topological polar surface area (TPSA) is 95.9 Å². The minimum atomic E-state index is -1.80. The number of aldehydes is 1. The number of carbonyl (C=O) groups excluding carboxylic acids is 2. The number of amides is 1. The number of ether oxygens (including phenoxy) is 1. The number of thioether (sulfide) groups is 1. The molecule has 0 unspecified atom stereocenters. The minimum Gasteiger partial charge on any atom is -0.483 e. The van der Waals surface area contributed by atoms with Crippen molar-refractivity contribution in [2.75, 3.05) is 17.7 Å². The van der Waals surface area contributed by atoms with Gasteiger partial charge in [0.15, 0.2) is 12.9 Å².